The van der Waals surface area contributed by atoms with E-state index in [4.69, 9.17) is 9.47 Å². The Bertz CT molecular complexity index is 848. The highest BCUT2D eigenvalue weighted by atomic mass is 16.5. The lowest BCUT2D eigenvalue weighted by Gasteiger charge is -2.09. The minimum atomic E-state index is -0.289. The van der Waals surface area contributed by atoms with Crippen LogP contribution >= 0.6 is 0 Å². The third kappa shape index (κ3) is 2.96. The Kier molecular flexibility index (Phi) is 3.89. The van der Waals surface area contributed by atoms with Crippen molar-refractivity contribution in [3.8, 4) is 11.5 Å². The highest BCUT2D eigenvalue weighted by Gasteiger charge is 2.13. The minimum Gasteiger partial charge on any atom is -0.497 e. The van der Waals surface area contributed by atoms with Crippen LogP contribution in [0.15, 0.2) is 42.6 Å². The Morgan fingerprint density at radius 3 is 2.43 bits per heavy atom. The fourth-order valence-electron chi connectivity index (χ4n) is 2.33. The van der Waals surface area contributed by atoms with Gasteiger partial charge in [0.1, 0.15) is 22.8 Å². The molecule has 0 radical (unpaired) electrons. The van der Waals surface area contributed by atoms with Crippen molar-refractivity contribution >= 4 is 17.2 Å². The molecule has 0 spiro atoms. The van der Waals surface area contributed by atoms with Crippen molar-refractivity contribution < 1.29 is 14.3 Å². The number of imidazole rings is 1. The molecular formula is C17H17N3O3. The quantitative estimate of drug-likeness (QED) is 0.804. The number of benzene rings is 1. The first-order valence-electron chi connectivity index (χ1n) is 7.10. The summed E-state index contributed by atoms with van der Waals surface area (Å²) in [6.07, 6.45) is 1.72. The van der Waals surface area contributed by atoms with Gasteiger partial charge in [0.15, 0.2) is 0 Å². The molecule has 6 heteroatoms. The average molecular weight is 311 g/mol. The van der Waals surface area contributed by atoms with E-state index in [1.807, 2.05) is 29.5 Å². The molecule has 3 aromatic rings. The fourth-order valence-corrected chi connectivity index (χ4v) is 2.33. The molecule has 2 aromatic heterocycles. The molecule has 0 saturated heterocycles. The second-order valence-corrected chi connectivity index (χ2v) is 5.08. The van der Waals surface area contributed by atoms with E-state index in [9.17, 15) is 4.79 Å². The molecule has 23 heavy (non-hydrogen) atoms. The molecule has 0 aliphatic rings. The molecule has 0 bridgehead atoms. The predicted molar refractivity (Wildman–Crippen MR) is 87.4 cm³/mol. The highest BCUT2D eigenvalue weighted by Crippen LogP contribution is 2.26. The molecule has 0 saturated carbocycles. The molecule has 6 nitrogen and oxygen atoms in total. The van der Waals surface area contributed by atoms with E-state index in [1.54, 1.807) is 38.6 Å². The number of aryl methyl sites for hydroxylation is 1. The number of nitrogens with zero attached hydrogens (tertiary/aromatic N) is 2. The van der Waals surface area contributed by atoms with Crippen LogP contribution in [0.5, 0.6) is 11.5 Å². The van der Waals surface area contributed by atoms with Crippen LogP contribution in [-0.2, 0) is 0 Å². The summed E-state index contributed by atoms with van der Waals surface area (Å²) in [4.78, 5) is 16.8. The van der Waals surface area contributed by atoms with Gasteiger partial charge in [-0.25, -0.2) is 4.98 Å². The van der Waals surface area contributed by atoms with Crippen molar-refractivity contribution in [2.75, 3.05) is 19.5 Å². The van der Waals surface area contributed by atoms with Crippen LogP contribution in [0, 0.1) is 6.92 Å². The van der Waals surface area contributed by atoms with E-state index >= 15 is 0 Å². The molecule has 0 fully saturated rings. The van der Waals surface area contributed by atoms with E-state index in [0.29, 0.717) is 22.9 Å². The zero-order valence-corrected chi connectivity index (χ0v) is 13.2. The van der Waals surface area contributed by atoms with Gasteiger partial charge in [0.2, 0.25) is 0 Å². The second-order valence-electron chi connectivity index (χ2n) is 5.08. The first kappa shape index (κ1) is 14.9. The fraction of sp³-hybridized carbons (Fsp3) is 0.176. The van der Waals surface area contributed by atoms with E-state index in [0.717, 1.165) is 11.3 Å². The monoisotopic (exact) mass is 311 g/mol. The number of amides is 1. The maximum atomic E-state index is 12.4. The number of hydrogen-bond donors (Lipinski definition) is 1. The van der Waals surface area contributed by atoms with Gasteiger partial charge in [0.05, 0.1) is 14.2 Å². The number of hydrogen-bond acceptors (Lipinski definition) is 4. The van der Waals surface area contributed by atoms with Crippen molar-refractivity contribution in [1.82, 2.24) is 9.38 Å². The topological polar surface area (TPSA) is 64.9 Å². The lowest BCUT2D eigenvalue weighted by molar-refractivity contribution is 0.102. The lowest BCUT2D eigenvalue weighted by Crippen LogP contribution is -2.12. The summed E-state index contributed by atoms with van der Waals surface area (Å²) in [5.74, 6) is 0.916. The van der Waals surface area contributed by atoms with Crippen LogP contribution in [-0.4, -0.2) is 29.5 Å². The molecule has 1 N–H and O–H groups in total. The number of rotatable bonds is 4. The maximum absolute atomic E-state index is 12.4. The van der Waals surface area contributed by atoms with Crippen molar-refractivity contribution in [3.05, 3.63) is 54.0 Å². The first-order chi connectivity index (χ1) is 11.1. The summed E-state index contributed by atoms with van der Waals surface area (Å²) in [7, 11) is 3.12. The van der Waals surface area contributed by atoms with Crippen molar-refractivity contribution in [2.45, 2.75) is 6.92 Å². The number of fused-ring (bicyclic) bond motifs is 1. The summed E-state index contributed by atoms with van der Waals surface area (Å²) >= 11 is 0. The van der Waals surface area contributed by atoms with Crippen LogP contribution in [0.4, 0.5) is 5.69 Å². The van der Waals surface area contributed by atoms with Crippen molar-refractivity contribution in [3.63, 3.8) is 0 Å². The SMILES string of the molecule is COc1cc(NC(=O)c2cn3c(C)cccc3n2)cc(OC)c1. The Morgan fingerprint density at radius 2 is 1.83 bits per heavy atom. The number of anilines is 1. The van der Waals surface area contributed by atoms with Crippen molar-refractivity contribution in [2.24, 2.45) is 0 Å². The normalized spacial score (nSPS) is 10.6. The Hall–Kier alpha value is -3.02. The molecular weight excluding hydrogens is 294 g/mol. The smallest absolute Gasteiger partial charge is 0.275 e. The third-order valence-corrected chi connectivity index (χ3v) is 3.54. The zero-order valence-electron chi connectivity index (χ0n) is 13.2. The second kappa shape index (κ2) is 6.00. The van der Waals surface area contributed by atoms with Gasteiger partial charge in [-0.3, -0.25) is 4.79 Å². The van der Waals surface area contributed by atoms with Gasteiger partial charge >= 0.3 is 0 Å². The molecule has 0 atom stereocenters. The number of aromatic nitrogens is 2. The highest BCUT2D eigenvalue weighted by molar-refractivity contribution is 6.03. The van der Waals surface area contributed by atoms with E-state index in [1.165, 1.54) is 0 Å². The average Bonchev–Trinajstić information content (AvgIpc) is 3.00. The van der Waals surface area contributed by atoms with Crippen molar-refractivity contribution in [1.29, 1.82) is 0 Å². The number of pyridine rings is 1. The third-order valence-electron chi connectivity index (χ3n) is 3.54. The summed E-state index contributed by atoms with van der Waals surface area (Å²) in [5, 5.41) is 2.81. The largest absolute Gasteiger partial charge is 0.497 e. The number of methoxy groups -OCH3 is 2. The summed E-state index contributed by atoms with van der Waals surface area (Å²) < 4.78 is 12.3. The van der Waals surface area contributed by atoms with Gasteiger partial charge in [0.25, 0.3) is 5.91 Å². The molecule has 1 amide bonds. The standard InChI is InChI=1S/C17H17N3O3/c1-11-5-4-6-16-19-15(10-20(11)16)17(21)18-12-7-13(22-2)9-14(8-12)23-3/h4-10H,1-3H3,(H,18,21). The predicted octanol–water partition coefficient (Wildman–Crippen LogP) is 2.91. The Labute approximate surface area is 133 Å². The molecule has 1 aromatic carbocycles. The minimum absolute atomic E-state index is 0.289. The Morgan fingerprint density at radius 1 is 1.13 bits per heavy atom. The van der Waals surface area contributed by atoms with Gasteiger partial charge in [-0.05, 0) is 19.1 Å². The van der Waals surface area contributed by atoms with Crippen LogP contribution in [0.25, 0.3) is 5.65 Å². The number of nitrogens with one attached hydrogen (secondary N) is 1. The van der Waals surface area contributed by atoms with Gasteiger partial charge in [-0.1, -0.05) is 6.07 Å². The Balaban J connectivity index is 1.90. The van der Waals surface area contributed by atoms with E-state index in [-0.39, 0.29) is 5.91 Å². The summed E-state index contributed by atoms with van der Waals surface area (Å²) in [5.41, 5.74) is 2.68. The van der Waals surface area contributed by atoms with Gasteiger partial charge in [-0.2, -0.15) is 0 Å². The van der Waals surface area contributed by atoms with Gasteiger partial charge in [0, 0.05) is 35.8 Å². The number of carbonyl (C=O) groups excluding carboxylic acids is 1. The molecule has 118 valence electrons. The van der Waals surface area contributed by atoms with Crippen LogP contribution in [0.1, 0.15) is 16.2 Å². The van der Waals surface area contributed by atoms with E-state index < -0.39 is 0 Å². The number of ether oxygens (including phenoxy) is 2. The van der Waals surface area contributed by atoms with Gasteiger partial charge < -0.3 is 19.2 Å². The molecule has 2 heterocycles. The molecule has 0 unspecified atom stereocenters. The molecule has 3 rings (SSSR count). The first-order valence-corrected chi connectivity index (χ1v) is 7.10. The van der Waals surface area contributed by atoms with Gasteiger partial charge in [-0.15, -0.1) is 0 Å². The number of carbonyl (C=O) groups is 1. The molecule has 0 aliphatic carbocycles. The van der Waals surface area contributed by atoms with E-state index in [2.05, 4.69) is 10.3 Å². The van der Waals surface area contributed by atoms with Crippen LogP contribution < -0.4 is 14.8 Å². The summed E-state index contributed by atoms with van der Waals surface area (Å²) in [6.45, 7) is 1.96. The summed E-state index contributed by atoms with van der Waals surface area (Å²) in [6, 6.07) is 10.9. The van der Waals surface area contributed by atoms with Crippen LogP contribution in [0.3, 0.4) is 0 Å². The maximum Gasteiger partial charge on any atom is 0.275 e. The van der Waals surface area contributed by atoms with Crippen LogP contribution in [0.2, 0.25) is 0 Å². The zero-order chi connectivity index (χ0) is 16.4. The lowest BCUT2D eigenvalue weighted by atomic mass is 10.2. The molecule has 0 aliphatic heterocycles.